The van der Waals surface area contributed by atoms with Crippen LogP contribution in [0.15, 0.2) is 23.1 Å². The highest BCUT2D eigenvalue weighted by atomic mass is 16.3. The van der Waals surface area contributed by atoms with Gasteiger partial charge in [-0.15, -0.1) is 0 Å². The van der Waals surface area contributed by atoms with E-state index in [4.69, 9.17) is 4.42 Å². The molecule has 134 valence electrons. The highest BCUT2D eigenvalue weighted by molar-refractivity contribution is 5.97. The molecule has 0 spiro atoms. The molecule has 2 aromatic heterocycles. The summed E-state index contributed by atoms with van der Waals surface area (Å²) in [6.07, 6.45) is 10.3. The number of rotatable bonds is 2. The number of fused-ring (bicyclic) bond motifs is 1. The summed E-state index contributed by atoms with van der Waals surface area (Å²) < 4.78 is 7.82. The molecule has 0 unspecified atom stereocenters. The predicted molar refractivity (Wildman–Crippen MR) is 92.5 cm³/mol. The van der Waals surface area contributed by atoms with E-state index in [-0.39, 0.29) is 11.9 Å². The minimum absolute atomic E-state index is 0.0281. The highest BCUT2D eigenvalue weighted by Gasteiger charge is 2.32. The minimum atomic E-state index is -0.466. The van der Waals surface area contributed by atoms with Gasteiger partial charge in [0.1, 0.15) is 11.5 Å². The fraction of sp³-hybridized carbons (Fsp3) is 0.579. The van der Waals surface area contributed by atoms with Crippen LogP contribution in [0.3, 0.4) is 0 Å². The number of carbonyl (C=O) groups is 1. The van der Waals surface area contributed by atoms with Gasteiger partial charge in [0.05, 0.1) is 24.0 Å². The number of amides is 1. The van der Waals surface area contributed by atoms with Crippen LogP contribution in [0.25, 0.3) is 0 Å². The zero-order chi connectivity index (χ0) is 17.4. The van der Waals surface area contributed by atoms with Crippen LogP contribution in [0.2, 0.25) is 0 Å². The van der Waals surface area contributed by atoms with E-state index in [1.54, 1.807) is 12.5 Å². The number of aryl methyl sites for hydroxylation is 2. The molecule has 2 aliphatic rings. The van der Waals surface area contributed by atoms with Crippen molar-refractivity contribution in [3.63, 3.8) is 0 Å². The SMILES string of the molecule is Cc1oc2c(c1C(=O)N1CC[C@H](O)[C@@H](n3ccnc3)CC1)CCCC2. The third-order valence-corrected chi connectivity index (χ3v) is 5.59. The lowest BCUT2D eigenvalue weighted by Gasteiger charge is -2.22. The van der Waals surface area contributed by atoms with Gasteiger partial charge in [0.25, 0.3) is 5.91 Å². The van der Waals surface area contributed by atoms with E-state index in [1.165, 1.54) is 0 Å². The van der Waals surface area contributed by atoms with Crippen molar-refractivity contribution in [1.82, 2.24) is 14.5 Å². The molecule has 1 aliphatic heterocycles. The first-order valence-electron chi connectivity index (χ1n) is 9.21. The van der Waals surface area contributed by atoms with Crippen LogP contribution < -0.4 is 0 Å². The van der Waals surface area contributed by atoms with Crippen LogP contribution in [-0.2, 0) is 12.8 Å². The van der Waals surface area contributed by atoms with Crippen LogP contribution in [0.1, 0.15) is 59.2 Å². The largest absolute Gasteiger partial charge is 0.465 e. The summed E-state index contributed by atoms with van der Waals surface area (Å²) in [5.74, 6) is 1.80. The zero-order valence-corrected chi connectivity index (χ0v) is 14.6. The van der Waals surface area contributed by atoms with Gasteiger partial charge in [-0.05, 0) is 39.0 Å². The fourth-order valence-electron chi connectivity index (χ4n) is 4.23. The summed E-state index contributed by atoms with van der Waals surface area (Å²) in [6, 6.07) is -0.0281. The van der Waals surface area contributed by atoms with E-state index in [9.17, 15) is 9.90 Å². The van der Waals surface area contributed by atoms with E-state index in [1.807, 2.05) is 22.6 Å². The first-order valence-corrected chi connectivity index (χ1v) is 9.21. The number of hydrogen-bond acceptors (Lipinski definition) is 4. The third-order valence-electron chi connectivity index (χ3n) is 5.59. The topological polar surface area (TPSA) is 71.5 Å². The molecule has 1 N–H and O–H groups in total. The van der Waals surface area contributed by atoms with Crippen molar-refractivity contribution in [3.05, 3.63) is 41.4 Å². The average molecular weight is 343 g/mol. The maximum atomic E-state index is 13.2. The summed E-state index contributed by atoms with van der Waals surface area (Å²) in [7, 11) is 0. The Morgan fingerprint density at radius 3 is 2.88 bits per heavy atom. The summed E-state index contributed by atoms with van der Waals surface area (Å²) in [6.45, 7) is 3.11. The molecular weight excluding hydrogens is 318 g/mol. The second kappa shape index (κ2) is 6.67. The van der Waals surface area contributed by atoms with Gasteiger partial charge >= 0.3 is 0 Å². The maximum Gasteiger partial charge on any atom is 0.257 e. The second-order valence-electron chi connectivity index (χ2n) is 7.16. The lowest BCUT2D eigenvalue weighted by Crippen LogP contribution is -2.33. The Morgan fingerprint density at radius 2 is 2.08 bits per heavy atom. The Labute approximate surface area is 147 Å². The van der Waals surface area contributed by atoms with Gasteiger partial charge in [0.2, 0.25) is 0 Å². The third kappa shape index (κ3) is 2.99. The van der Waals surface area contributed by atoms with Crippen molar-refractivity contribution in [2.45, 2.75) is 57.6 Å². The first-order chi connectivity index (χ1) is 12.1. The van der Waals surface area contributed by atoms with Crippen LogP contribution in [0.5, 0.6) is 0 Å². The predicted octanol–water partition coefficient (Wildman–Crippen LogP) is 2.50. The van der Waals surface area contributed by atoms with Gasteiger partial charge < -0.3 is 19.0 Å². The van der Waals surface area contributed by atoms with Crippen molar-refractivity contribution in [2.75, 3.05) is 13.1 Å². The van der Waals surface area contributed by atoms with E-state index in [0.717, 1.165) is 54.8 Å². The maximum absolute atomic E-state index is 13.2. The Hall–Kier alpha value is -2.08. The smallest absolute Gasteiger partial charge is 0.257 e. The Bertz CT molecular complexity index is 750. The van der Waals surface area contributed by atoms with E-state index < -0.39 is 6.10 Å². The van der Waals surface area contributed by atoms with Gasteiger partial charge in [-0.25, -0.2) is 4.98 Å². The van der Waals surface area contributed by atoms with E-state index in [0.29, 0.717) is 19.5 Å². The van der Waals surface area contributed by atoms with Gasteiger partial charge in [-0.2, -0.15) is 0 Å². The average Bonchev–Trinajstić information content (AvgIpc) is 3.19. The first kappa shape index (κ1) is 16.4. The van der Waals surface area contributed by atoms with E-state index in [2.05, 4.69) is 4.98 Å². The molecule has 1 fully saturated rings. The molecule has 0 radical (unpaired) electrons. The number of nitrogens with zero attached hydrogens (tertiary/aromatic N) is 3. The molecule has 0 bridgehead atoms. The Balaban J connectivity index is 1.55. The summed E-state index contributed by atoms with van der Waals surface area (Å²) in [4.78, 5) is 19.1. The van der Waals surface area contributed by atoms with Crippen molar-refractivity contribution in [1.29, 1.82) is 0 Å². The molecule has 0 aromatic carbocycles. The number of imidazole rings is 1. The molecule has 0 saturated carbocycles. The molecular formula is C19H25N3O3. The van der Waals surface area contributed by atoms with Crippen molar-refractivity contribution >= 4 is 5.91 Å². The molecule has 4 rings (SSSR count). The summed E-state index contributed by atoms with van der Waals surface area (Å²) >= 11 is 0. The lowest BCUT2D eigenvalue weighted by atomic mass is 9.94. The van der Waals surface area contributed by atoms with Crippen LogP contribution in [-0.4, -0.2) is 44.7 Å². The number of aliphatic hydroxyl groups is 1. The highest BCUT2D eigenvalue weighted by Crippen LogP contribution is 2.31. The van der Waals surface area contributed by atoms with Crippen LogP contribution in [0.4, 0.5) is 0 Å². The molecule has 2 atom stereocenters. The van der Waals surface area contributed by atoms with Crippen LogP contribution in [0, 0.1) is 6.92 Å². The van der Waals surface area contributed by atoms with Crippen molar-refractivity contribution < 1.29 is 14.3 Å². The second-order valence-corrected chi connectivity index (χ2v) is 7.16. The molecule has 1 saturated heterocycles. The minimum Gasteiger partial charge on any atom is -0.465 e. The zero-order valence-electron chi connectivity index (χ0n) is 14.6. The van der Waals surface area contributed by atoms with Gasteiger partial charge in [0.15, 0.2) is 0 Å². The number of hydrogen-bond donors (Lipinski definition) is 1. The summed E-state index contributed by atoms with van der Waals surface area (Å²) in [5.41, 5.74) is 1.88. The van der Waals surface area contributed by atoms with Crippen molar-refractivity contribution in [2.24, 2.45) is 0 Å². The number of carbonyl (C=O) groups excluding carboxylic acids is 1. The number of aromatic nitrogens is 2. The van der Waals surface area contributed by atoms with Gasteiger partial charge in [0, 0.05) is 37.5 Å². The fourth-order valence-corrected chi connectivity index (χ4v) is 4.23. The Kier molecular flexibility index (Phi) is 4.37. The molecule has 1 aliphatic carbocycles. The quantitative estimate of drug-likeness (QED) is 0.909. The normalized spacial score (nSPS) is 24.0. The molecule has 25 heavy (non-hydrogen) atoms. The van der Waals surface area contributed by atoms with Crippen LogP contribution >= 0.6 is 0 Å². The lowest BCUT2D eigenvalue weighted by molar-refractivity contribution is 0.0749. The molecule has 1 amide bonds. The standard InChI is InChI=1S/C19H25N3O3/c1-13-18(14-4-2-3-5-17(14)25-13)19(24)21-9-6-15(16(23)7-10-21)22-11-8-20-12-22/h8,11-12,15-16,23H,2-7,9-10H2,1H3/t15-,16-/m0/s1. The summed E-state index contributed by atoms with van der Waals surface area (Å²) in [5, 5.41) is 10.5. The van der Waals surface area contributed by atoms with Gasteiger partial charge in [-0.1, -0.05) is 0 Å². The molecule has 6 heteroatoms. The molecule has 2 aromatic rings. The van der Waals surface area contributed by atoms with Crippen molar-refractivity contribution in [3.8, 4) is 0 Å². The Morgan fingerprint density at radius 1 is 1.28 bits per heavy atom. The van der Waals surface area contributed by atoms with Gasteiger partial charge in [-0.3, -0.25) is 4.79 Å². The number of furan rings is 1. The number of likely N-dealkylation sites (tertiary alicyclic amines) is 1. The molecule has 3 heterocycles. The van der Waals surface area contributed by atoms with E-state index >= 15 is 0 Å². The molecule has 6 nitrogen and oxygen atoms in total. The monoisotopic (exact) mass is 343 g/mol. The number of aliphatic hydroxyl groups excluding tert-OH is 1.